The largest absolute Gasteiger partial charge is 0.492 e. The molecule has 30 heavy (non-hydrogen) atoms. The van der Waals surface area contributed by atoms with Gasteiger partial charge in [-0.3, -0.25) is 4.79 Å². The fraction of sp³-hybridized carbons (Fsp3) is 0.143. The number of hydrogen-bond acceptors (Lipinski definition) is 5. The van der Waals surface area contributed by atoms with E-state index >= 15 is 0 Å². The van der Waals surface area contributed by atoms with Gasteiger partial charge in [0.05, 0.1) is 16.6 Å². The molecule has 1 aromatic carbocycles. The van der Waals surface area contributed by atoms with E-state index in [0.29, 0.717) is 30.3 Å². The van der Waals surface area contributed by atoms with Crippen LogP contribution < -0.4 is 10.1 Å². The predicted octanol–water partition coefficient (Wildman–Crippen LogP) is 4.63. The van der Waals surface area contributed by atoms with Crippen LogP contribution in [0.1, 0.15) is 16.8 Å². The Morgan fingerprint density at radius 1 is 1.30 bits per heavy atom. The third kappa shape index (κ3) is 4.98. The van der Waals surface area contributed by atoms with E-state index in [1.807, 2.05) is 0 Å². The van der Waals surface area contributed by atoms with Crippen LogP contribution in [0.5, 0.6) is 5.75 Å². The Kier molecular flexibility index (Phi) is 7.08. The number of nitrogens with zero attached hydrogens (tertiary/aromatic N) is 4. The van der Waals surface area contributed by atoms with Crippen molar-refractivity contribution < 1.29 is 13.9 Å². The van der Waals surface area contributed by atoms with Crippen molar-refractivity contribution in [3.8, 4) is 17.3 Å². The monoisotopic (exact) mass is 471 g/mol. The topological polar surface area (TPSA) is 81.9 Å². The van der Waals surface area contributed by atoms with Gasteiger partial charge in [0.1, 0.15) is 29.4 Å². The molecule has 0 saturated heterocycles. The molecule has 0 radical (unpaired) electrons. The van der Waals surface area contributed by atoms with Gasteiger partial charge < -0.3 is 14.6 Å². The Morgan fingerprint density at radius 2 is 2.13 bits per heavy atom. The molecule has 3 aromatic rings. The molecule has 9 heteroatoms. The first-order valence-electron chi connectivity index (χ1n) is 9.03. The standard InChI is InChI=1S/C21H19BrFN5O2/c1-3-5-10-30-18-12-16(23)15(22)11-14(18)21(29)26-19-8-6-7-17(25-19)20-27-24-13-28(20)9-4-2/h3-4,6-8,11-13H,1-2,5,9-10H2,(H,25,26,29). The number of benzene rings is 1. The Morgan fingerprint density at radius 3 is 2.90 bits per heavy atom. The minimum atomic E-state index is -0.526. The molecular formula is C21H19BrFN5O2. The van der Waals surface area contributed by atoms with Crippen LogP contribution in [0.4, 0.5) is 10.2 Å². The third-order valence-corrected chi connectivity index (χ3v) is 4.62. The number of allylic oxidation sites excluding steroid dienone is 1. The summed E-state index contributed by atoms with van der Waals surface area (Å²) in [6, 6.07) is 7.69. The number of hydrogen-bond donors (Lipinski definition) is 1. The van der Waals surface area contributed by atoms with Gasteiger partial charge in [-0.15, -0.1) is 23.4 Å². The molecule has 1 amide bonds. The highest BCUT2D eigenvalue weighted by Gasteiger charge is 2.18. The van der Waals surface area contributed by atoms with Crippen LogP contribution in [0, 0.1) is 5.82 Å². The van der Waals surface area contributed by atoms with Gasteiger partial charge in [0.2, 0.25) is 0 Å². The lowest BCUT2D eigenvalue weighted by atomic mass is 10.1. The molecule has 0 saturated carbocycles. The Balaban J connectivity index is 1.86. The molecule has 0 bridgehead atoms. The molecule has 154 valence electrons. The summed E-state index contributed by atoms with van der Waals surface area (Å²) in [6.07, 6.45) is 5.54. The zero-order valence-electron chi connectivity index (χ0n) is 16.0. The third-order valence-electron chi connectivity index (χ3n) is 4.01. The summed E-state index contributed by atoms with van der Waals surface area (Å²) in [5, 5.41) is 10.7. The highest BCUT2D eigenvalue weighted by Crippen LogP contribution is 2.28. The highest BCUT2D eigenvalue weighted by molar-refractivity contribution is 9.10. The van der Waals surface area contributed by atoms with Gasteiger partial charge in [0, 0.05) is 12.6 Å². The van der Waals surface area contributed by atoms with Crippen LogP contribution in [-0.4, -0.2) is 32.3 Å². The van der Waals surface area contributed by atoms with Gasteiger partial charge in [-0.25, -0.2) is 9.37 Å². The molecule has 1 N–H and O–H groups in total. The number of nitrogens with one attached hydrogen (secondary N) is 1. The molecule has 2 heterocycles. The number of carbonyl (C=O) groups is 1. The first-order valence-corrected chi connectivity index (χ1v) is 9.83. The number of ether oxygens (including phenoxy) is 1. The maximum absolute atomic E-state index is 14.0. The van der Waals surface area contributed by atoms with Crippen LogP contribution in [0.2, 0.25) is 0 Å². The lowest BCUT2D eigenvalue weighted by Gasteiger charge is -2.12. The van der Waals surface area contributed by atoms with Crippen molar-refractivity contribution in [3.05, 3.63) is 77.8 Å². The van der Waals surface area contributed by atoms with E-state index in [1.165, 1.54) is 12.1 Å². The van der Waals surface area contributed by atoms with Gasteiger partial charge in [0.15, 0.2) is 5.82 Å². The average molecular weight is 472 g/mol. The first-order chi connectivity index (χ1) is 14.5. The second-order valence-electron chi connectivity index (χ2n) is 6.15. The van der Waals surface area contributed by atoms with Crippen LogP contribution in [0.25, 0.3) is 11.5 Å². The summed E-state index contributed by atoms with van der Waals surface area (Å²) in [6.45, 7) is 8.12. The van der Waals surface area contributed by atoms with Crippen molar-refractivity contribution in [2.45, 2.75) is 13.0 Å². The number of aromatic nitrogens is 4. The van der Waals surface area contributed by atoms with Crippen LogP contribution in [0.3, 0.4) is 0 Å². The fourth-order valence-corrected chi connectivity index (χ4v) is 2.96. The van der Waals surface area contributed by atoms with Gasteiger partial charge in [0.25, 0.3) is 5.91 Å². The van der Waals surface area contributed by atoms with Gasteiger partial charge in [-0.1, -0.05) is 18.2 Å². The molecule has 0 aliphatic carbocycles. The predicted molar refractivity (Wildman–Crippen MR) is 116 cm³/mol. The summed E-state index contributed by atoms with van der Waals surface area (Å²) in [5.74, 6) is -0.0209. The SMILES string of the molecule is C=CCCOc1cc(F)c(Br)cc1C(=O)Nc1cccc(-c2nncn2CC=C)n1. The summed E-state index contributed by atoms with van der Waals surface area (Å²) >= 11 is 3.11. The number of pyridine rings is 1. The maximum Gasteiger partial charge on any atom is 0.260 e. The Bertz CT molecular complexity index is 1080. The molecule has 0 spiro atoms. The van der Waals surface area contributed by atoms with Gasteiger partial charge in [-0.05, 0) is 40.5 Å². The molecule has 3 rings (SSSR count). The van der Waals surface area contributed by atoms with E-state index in [9.17, 15) is 9.18 Å². The van der Waals surface area contributed by atoms with E-state index in [4.69, 9.17) is 4.74 Å². The van der Waals surface area contributed by atoms with Crippen molar-refractivity contribution in [1.82, 2.24) is 19.7 Å². The van der Waals surface area contributed by atoms with Gasteiger partial charge >= 0.3 is 0 Å². The molecule has 0 aliphatic heterocycles. The van der Waals surface area contributed by atoms with Crippen molar-refractivity contribution in [2.24, 2.45) is 0 Å². The number of rotatable bonds is 9. The van der Waals surface area contributed by atoms with Crippen molar-refractivity contribution in [2.75, 3.05) is 11.9 Å². The summed E-state index contributed by atoms with van der Waals surface area (Å²) < 4.78 is 21.4. The number of halogens is 2. The summed E-state index contributed by atoms with van der Waals surface area (Å²) in [5.41, 5.74) is 0.712. The average Bonchev–Trinajstić information content (AvgIpc) is 3.19. The molecule has 0 aliphatic rings. The van der Waals surface area contributed by atoms with E-state index in [1.54, 1.807) is 41.2 Å². The van der Waals surface area contributed by atoms with E-state index < -0.39 is 11.7 Å². The molecular weight excluding hydrogens is 453 g/mol. The number of carbonyl (C=O) groups excluding carboxylic acids is 1. The van der Waals surface area contributed by atoms with Crippen LogP contribution >= 0.6 is 15.9 Å². The molecule has 0 unspecified atom stereocenters. The second-order valence-corrected chi connectivity index (χ2v) is 7.00. The van der Waals surface area contributed by atoms with Crippen molar-refractivity contribution in [1.29, 1.82) is 0 Å². The normalized spacial score (nSPS) is 10.5. The van der Waals surface area contributed by atoms with Crippen LogP contribution in [-0.2, 0) is 6.54 Å². The quantitative estimate of drug-likeness (QED) is 0.363. The van der Waals surface area contributed by atoms with Crippen molar-refractivity contribution >= 4 is 27.7 Å². The molecule has 0 atom stereocenters. The van der Waals surface area contributed by atoms with Gasteiger partial charge in [-0.2, -0.15) is 0 Å². The maximum atomic E-state index is 14.0. The molecule has 7 nitrogen and oxygen atoms in total. The first kappa shape index (κ1) is 21.4. The van der Waals surface area contributed by atoms with E-state index in [-0.39, 0.29) is 22.4 Å². The molecule has 0 fully saturated rings. The van der Waals surface area contributed by atoms with E-state index in [2.05, 4.69) is 49.6 Å². The zero-order chi connectivity index (χ0) is 21.5. The second kappa shape index (κ2) is 9.93. The minimum Gasteiger partial charge on any atom is -0.492 e. The van der Waals surface area contributed by atoms with Crippen molar-refractivity contribution in [3.63, 3.8) is 0 Å². The lowest BCUT2D eigenvalue weighted by Crippen LogP contribution is -2.15. The van der Waals surface area contributed by atoms with Crippen LogP contribution in [0.15, 0.2) is 66.4 Å². The smallest absolute Gasteiger partial charge is 0.260 e. The zero-order valence-corrected chi connectivity index (χ0v) is 17.6. The fourth-order valence-electron chi connectivity index (χ4n) is 2.62. The minimum absolute atomic E-state index is 0.136. The number of amides is 1. The Labute approximate surface area is 181 Å². The highest BCUT2D eigenvalue weighted by atomic mass is 79.9. The summed E-state index contributed by atoms with van der Waals surface area (Å²) in [7, 11) is 0. The Hall–Kier alpha value is -3.33. The summed E-state index contributed by atoms with van der Waals surface area (Å²) in [4.78, 5) is 17.3. The molecule has 2 aromatic heterocycles. The lowest BCUT2D eigenvalue weighted by molar-refractivity contribution is 0.102. The van der Waals surface area contributed by atoms with E-state index in [0.717, 1.165) is 0 Å². The number of anilines is 1.